The molecule has 0 unspecified atom stereocenters. The SMILES string of the molecule is Cc1noc(C)c1CN1C(=O)N[C@@](C)(c2ccc3c(c2)OCCO3)C1=O. The lowest BCUT2D eigenvalue weighted by Crippen LogP contribution is -2.41. The molecule has 0 bridgehead atoms. The summed E-state index contributed by atoms with van der Waals surface area (Å²) in [4.78, 5) is 26.8. The highest BCUT2D eigenvalue weighted by Crippen LogP contribution is 2.37. The van der Waals surface area contributed by atoms with Crippen molar-refractivity contribution in [2.45, 2.75) is 32.9 Å². The van der Waals surface area contributed by atoms with Crippen molar-refractivity contribution in [3.63, 3.8) is 0 Å². The first-order chi connectivity index (χ1) is 12.4. The summed E-state index contributed by atoms with van der Waals surface area (Å²) >= 11 is 0. The minimum Gasteiger partial charge on any atom is -0.486 e. The largest absolute Gasteiger partial charge is 0.486 e. The summed E-state index contributed by atoms with van der Waals surface area (Å²) in [5.41, 5.74) is 0.864. The zero-order valence-electron chi connectivity index (χ0n) is 14.8. The van der Waals surface area contributed by atoms with Crippen LogP contribution in [-0.2, 0) is 16.9 Å². The number of aryl methyl sites for hydroxylation is 2. The van der Waals surface area contributed by atoms with Gasteiger partial charge in [0.1, 0.15) is 24.5 Å². The lowest BCUT2D eigenvalue weighted by molar-refractivity contribution is -0.131. The van der Waals surface area contributed by atoms with Crippen LogP contribution >= 0.6 is 0 Å². The molecule has 4 rings (SSSR count). The second kappa shape index (κ2) is 5.76. The van der Waals surface area contributed by atoms with Gasteiger partial charge in [-0.3, -0.25) is 9.69 Å². The Kier molecular flexibility index (Phi) is 3.64. The third kappa shape index (κ3) is 2.40. The lowest BCUT2D eigenvalue weighted by Gasteiger charge is -2.25. The summed E-state index contributed by atoms with van der Waals surface area (Å²) < 4.78 is 16.2. The molecule has 26 heavy (non-hydrogen) atoms. The van der Waals surface area contributed by atoms with Crippen molar-refractivity contribution < 1.29 is 23.6 Å². The highest BCUT2D eigenvalue weighted by Gasteiger charge is 2.49. The average molecular weight is 357 g/mol. The highest BCUT2D eigenvalue weighted by atomic mass is 16.6. The molecular formula is C18H19N3O5. The molecule has 0 saturated carbocycles. The van der Waals surface area contributed by atoms with Gasteiger partial charge in [0.25, 0.3) is 5.91 Å². The predicted octanol–water partition coefficient (Wildman–Crippen LogP) is 2.03. The van der Waals surface area contributed by atoms with E-state index in [9.17, 15) is 9.59 Å². The second-order valence-corrected chi connectivity index (χ2v) is 6.61. The van der Waals surface area contributed by atoms with Gasteiger partial charge in [-0.25, -0.2) is 4.79 Å². The van der Waals surface area contributed by atoms with Gasteiger partial charge in [-0.2, -0.15) is 0 Å². The Bertz CT molecular complexity index is 887. The third-order valence-corrected chi connectivity index (χ3v) is 4.89. The number of aromatic nitrogens is 1. The fourth-order valence-corrected chi connectivity index (χ4v) is 3.28. The topological polar surface area (TPSA) is 93.9 Å². The molecule has 136 valence electrons. The van der Waals surface area contributed by atoms with Crippen molar-refractivity contribution in [1.29, 1.82) is 0 Å². The molecular weight excluding hydrogens is 338 g/mol. The van der Waals surface area contributed by atoms with Gasteiger partial charge < -0.3 is 19.3 Å². The van der Waals surface area contributed by atoms with Crippen LogP contribution in [0.5, 0.6) is 11.5 Å². The van der Waals surface area contributed by atoms with E-state index in [1.807, 2.05) is 0 Å². The predicted molar refractivity (Wildman–Crippen MR) is 89.8 cm³/mol. The Balaban J connectivity index is 1.65. The maximum Gasteiger partial charge on any atom is 0.325 e. The van der Waals surface area contributed by atoms with Crippen molar-refractivity contribution in [2.24, 2.45) is 0 Å². The summed E-state index contributed by atoms with van der Waals surface area (Å²) in [6.07, 6.45) is 0. The average Bonchev–Trinajstić information content (AvgIpc) is 3.07. The van der Waals surface area contributed by atoms with Gasteiger partial charge >= 0.3 is 6.03 Å². The number of imide groups is 1. The van der Waals surface area contributed by atoms with Crippen molar-refractivity contribution in [2.75, 3.05) is 13.2 Å². The molecule has 1 saturated heterocycles. The highest BCUT2D eigenvalue weighted by molar-refractivity contribution is 6.07. The number of urea groups is 1. The Morgan fingerprint density at radius 3 is 2.62 bits per heavy atom. The molecule has 2 aromatic rings. The number of nitrogens with zero attached hydrogens (tertiary/aromatic N) is 2. The number of nitrogens with one attached hydrogen (secondary N) is 1. The standard InChI is InChI=1S/C18H19N3O5/c1-10-13(11(2)26-20-10)9-21-16(22)18(3,19-17(21)23)12-4-5-14-15(8-12)25-7-6-24-14/h4-5,8H,6-7,9H2,1-3H3,(H,19,23)/t18-/m0/s1. The number of hydrogen-bond donors (Lipinski definition) is 1. The number of benzene rings is 1. The van der Waals surface area contributed by atoms with Crippen LogP contribution < -0.4 is 14.8 Å². The van der Waals surface area contributed by atoms with Gasteiger partial charge in [0.15, 0.2) is 11.5 Å². The van der Waals surface area contributed by atoms with E-state index in [0.29, 0.717) is 41.7 Å². The van der Waals surface area contributed by atoms with Crippen LogP contribution in [0.2, 0.25) is 0 Å². The second-order valence-electron chi connectivity index (χ2n) is 6.61. The van der Waals surface area contributed by atoms with Gasteiger partial charge in [0.2, 0.25) is 0 Å². The Labute approximate surface area is 150 Å². The molecule has 0 aliphatic carbocycles. The molecule has 3 amide bonds. The van der Waals surface area contributed by atoms with E-state index in [4.69, 9.17) is 14.0 Å². The van der Waals surface area contributed by atoms with Crippen molar-refractivity contribution in [1.82, 2.24) is 15.4 Å². The number of ether oxygens (including phenoxy) is 2. The lowest BCUT2D eigenvalue weighted by atomic mass is 9.91. The summed E-state index contributed by atoms with van der Waals surface area (Å²) in [6, 6.07) is 4.82. The van der Waals surface area contributed by atoms with Gasteiger partial charge in [0, 0.05) is 5.56 Å². The van der Waals surface area contributed by atoms with Gasteiger partial charge in [-0.05, 0) is 38.5 Å². The van der Waals surface area contributed by atoms with Gasteiger partial charge in [0.05, 0.1) is 12.2 Å². The normalized spacial score (nSPS) is 21.9. The molecule has 0 spiro atoms. The summed E-state index contributed by atoms with van der Waals surface area (Å²) in [5, 5.41) is 6.67. The maximum atomic E-state index is 13.1. The van der Waals surface area contributed by atoms with E-state index in [-0.39, 0.29) is 12.5 Å². The van der Waals surface area contributed by atoms with E-state index in [0.717, 1.165) is 5.56 Å². The number of hydrogen-bond acceptors (Lipinski definition) is 6. The van der Waals surface area contributed by atoms with E-state index in [2.05, 4.69) is 10.5 Å². The van der Waals surface area contributed by atoms with Crippen molar-refractivity contribution >= 4 is 11.9 Å². The zero-order chi connectivity index (χ0) is 18.5. The van der Waals surface area contributed by atoms with Crippen molar-refractivity contribution in [3.8, 4) is 11.5 Å². The molecule has 1 fully saturated rings. The summed E-state index contributed by atoms with van der Waals surface area (Å²) in [5.74, 6) is 1.46. The third-order valence-electron chi connectivity index (χ3n) is 4.89. The first-order valence-electron chi connectivity index (χ1n) is 8.36. The first-order valence-corrected chi connectivity index (χ1v) is 8.36. The van der Waals surface area contributed by atoms with Crippen molar-refractivity contribution in [3.05, 3.63) is 40.8 Å². The summed E-state index contributed by atoms with van der Waals surface area (Å²) in [6.45, 7) is 6.28. The minimum absolute atomic E-state index is 0.117. The first kappa shape index (κ1) is 16.4. The Morgan fingerprint density at radius 2 is 1.92 bits per heavy atom. The summed E-state index contributed by atoms with van der Waals surface area (Å²) in [7, 11) is 0. The number of fused-ring (bicyclic) bond motifs is 1. The zero-order valence-corrected chi connectivity index (χ0v) is 14.8. The van der Waals surface area contributed by atoms with Gasteiger partial charge in [-0.15, -0.1) is 0 Å². The quantitative estimate of drug-likeness (QED) is 0.845. The number of rotatable bonds is 3. The monoisotopic (exact) mass is 357 g/mol. The fourth-order valence-electron chi connectivity index (χ4n) is 3.28. The van der Waals surface area contributed by atoms with Gasteiger partial charge in [-0.1, -0.05) is 11.2 Å². The molecule has 3 heterocycles. The van der Waals surface area contributed by atoms with Crippen LogP contribution in [0.3, 0.4) is 0 Å². The Morgan fingerprint density at radius 1 is 1.19 bits per heavy atom. The molecule has 1 aromatic heterocycles. The number of carbonyl (C=O) groups is 2. The smallest absolute Gasteiger partial charge is 0.325 e. The number of carbonyl (C=O) groups excluding carboxylic acids is 2. The van der Waals surface area contributed by atoms with E-state index in [1.54, 1.807) is 39.0 Å². The maximum absolute atomic E-state index is 13.1. The molecule has 1 N–H and O–H groups in total. The van der Waals surface area contributed by atoms with E-state index in [1.165, 1.54) is 4.90 Å². The molecule has 0 radical (unpaired) electrons. The van der Waals surface area contributed by atoms with Crippen LogP contribution in [0.15, 0.2) is 22.7 Å². The van der Waals surface area contributed by atoms with E-state index >= 15 is 0 Å². The molecule has 1 aromatic carbocycles. The molecule has 1 atom stereocenters. The number of amides is 3. The molecule has 8 nitrogen and oxygen atoms in total. The molecule has 8 heteroatoms. The van der Waals surface area contributed by atoms with Crippen LogP contribution in [-0.4, -0.2) is 35.2 Å². The van der Waals surface area contributed by atoms with Crippen LogP contribution in [0.25, 0.3) is 0 Å². The van der Waals surface area contributed by atoms with Crippen LogP contribution in [0.4, 0.5) is 4.79 Å². The Hall–Kier alpha value is -3.03. The van der Waals surface area contributed by atoms with Crippen LogP contribution in [0.1, 0.15) is 29.5 Å². The minimum atomic E-state index is -1.17. The molecule has 2 aliphatic rings. The van der Waals surface area contributed by atoms with Crippen LogP contribution in [0, 0.1) is 13.8 Å². The fraction of sp³-hybridized carbons (Fsp3) is 0.389. The van der Waals surface area contributed by atoms with E-state index < -0.39 is 11.6 Å². The molecule has 2 aliphatic heterocycles.